The van der Waals surface area contributed by atoms with E-state index in [4.69, 9.17) is 4.74 Å². The third-order valence-electron chi connectivity index (χ3n) is 5.14. The maximum Gasteiger partial charge on any atom is 0.417 e. The number of alkyl halides is 6. The summed E-state index contributed by atoms with van der Waals surface area (Å²) in [7, 11) is 0. The quantitative estimate of drug-likeness (QED) is 0.169. The van der Waals surface area contributed by atoms with E-state index in [0.29, 0.717) is 12.5 Å². The van der Waals surface area contributed by atoms with Crippen molar-refractivity contribution in [2.24, 2.45) is 0 Å². The van der Waals surface area contributed by atoms with Gasteiger partial charge in [0, 0.05) is 0 Å². The SMILES string of the molecule is CCCCCCCCCCCCC(C)OC(=O)c1cc(C(F)(F)F)ccc1C(F)(F)F. The van der Waals surface area contributed by atoms with E-state index in [0.717, 1.165) is 25.7 Å². The van der Waals surface area contributed by atoms with Gasteiger partial charge in [0.15, 0.2) is 0 Å². The second-order valence-electron chi connectivity index (χ2n) is 7.94. The third-order valence-corrected chi connectivity index (χ3v) is 5.14. The minimum atomic E-state index is -4.96. The Kier molecular flexibility index (Phi) is 11.4. The fourth-order valence-corrected chi connectivity index (χ4v) is 3.36. The summed E-state index contributed by atoms with van der Waals surface area (Å²) in [5.41, 5.74) is -3.87. The number of halogens is 6. The number of carbonyl (C=O) groups excluding carboxylic acids is 1. The van der Waals surface area contributed by atoms with Crippen LogP contribution in [-0.2, 0) is 17.1 Å². The number of ether oxygens (including phenoxy) is 1. The van der Waals surface area contributed by atoms with Crippen LogP contribution in [0.4, 0.5) is 26.3 Å². The van der Waals surface area contributed by atoms with Gasteiger partial charge in [-0.1, -0.05) is 64.7 Å². The molecule has 0 heterocycles. The van der Waals surface area contributed by atoms with Crippen molar-refractivity contribution in [3.63, 3.8) is 0 Å². The minimum Gasteiger partial charge on any atom is -0.459 e. The summed E-state index contributed by atoms with van der Waals surface area (Å²) < 4.78 is 83.0. The number of rotatable bonds is 13. The van der Waals surface area contributed by atoms with Gasteiger partial charge in [0.2, 0.25) is 0 Å². The predicted octanol–water partition coefficient (Wildman–Crippen LogP) is 8.58. The molecule has 1 aromatic carbocycles. The lowest BCUT2D eigenvalue weighted by Gasteiger charge is -2.18. The lowest BCUT2D eigenvalue weighted by atomic mass is 10.0. The highest BCUT2D eigenvalue weighted by Gasteiger charge is 2.39. The smallest absolute Gasteiger partial charge is 0.417 e. The van der Waals surface area contributed by atoms with Crippen molar-refractivity contribution in [2.75, 3.05) is 0 Å². The van der Waals surface area contributed by atoms with Gasteiger partial charge in [0.1, 0.15) is 0 Å². The molecule has 1 unspecified atom stereocenters. The number of hydrogen-bond donors (Lipinski definition) is 0. The number of carbonyl (C=O) groups is 1. The van der Waals surface area contributed by atoms with Crippen LogP contribution in [0.2, 0.25) is 0 Å². The summed E-state index contributed by atoms with van der Waals surface area (Å²) >= 11 is 0. The van der Waals surface area contributed by atoms with Crippen LogP contribution in [0, 0.1) is 0 Å². The Hall–Kier alpha value is -1.73. The zero-order valence-corrected chi connectivity index (χ0v) is 18.2. The molecule has 0 spiro atoms. The lowest BCUT2D eigenvalue weighted by molar-refractivity contribution is -0.141. The molecule has 0 saturated carbocycles. The van der Waals surface area contributed by atoms with Gasteiger partial charge in [-0.15, -0.1) is 0 Å². The molecule has 1 atom stereocenters. The second kappa shape index (κ2) is 13.0. The maximum absolute atomic E-state index is 13.1. The van der Waals surface area contributed by atoms with E-state index < -0.39 is 41.1 Å². The molecule has 0 aliphatic rings. The van der Waals surface area contributed by atoms with Gasteiger partial charge in [-0.25, -0.2) is 4.79 Å². The van der Waals surface area contributed by atoms with Crippen LogP contribution in [-0.4, -0.2) is 12.1 Å². The van der Waals surface area contributed by atoms with Crippen LogP contribution in [0.15, 0.2) is 18.2 Å². The Morgan fingerprint density at radius 2 is 1.35 bits per heavy atom. The molecule has 2 nitrogen and oxygen atoms in total. The van der Waals surface area contributed by atoms with Crippen molar-refractivity contribution in [1.29, 1.82) is 0 Å². The van der Waals surface area contributed by atoms with Crippen molar-refractivity contribution in [3.05, 3.63) is 34.9 Å². The summed E-state index contributed by atoms with van der Waals surface area (Å²) in [6.07, 6.45) is 1.11. The maximum atomic E-state index is 13.1. The summed E-state index contributed by atoms with van der Waals surface area (Å²) in [5.74, 6) is -1.39. The van der Waals surface area contributed by atoms with Crippen LogP contribution in [0.5, 0.6) is 0 Å². The Bertz CT molecular complexity index is 667. The highest BCUT2D eigenvalue weighted by atomic mass is 19.4. The van der Waals surface area contributed by atoms with E-state index in [-0.39, 0.29) is 12.1 Å². The molecule has 0 N–H and O–H groups in total. The average Bonchev–Trinajstić information content (AvgIpc) is 2.67. The predicted molar refractivity (Wildman–Crippen MR) is 108 cm³/mol. The van der Waals surface area contributed by atoms with Gasteiger partial charge in [-0.3, -0.25) is 0 Å². The zero-order chi connectivity index (χ0) is 23.5. The Labute approximate surface area is 180 Å². The number of benzene rings is 1. The van der Waals surface area contributed by atoms with Gasteiger partial charge >= 0.3 is 18.3 Å². The fraction of sp³-hybridized carbons (Fsp3) is 0.696. The van der Waals surface area contributed by atoms with Crippen molar-refractivity contribution in [2.45, 2.75) is 103 Å². The molecule has 0 aliphatic carbocycles. The van der Waals surface area contributed by atoms with Gasteiger partial charge in [-0.2, -0.15) is 26.3 Å². The van der Waals surface area contributed by atoms with Gasteiger partial charge in [0.05, 0.1) is 22.8 Å². The highest BCUT2D eigenvalue weighted by Crippen LogP contribution is 2.37. The molecule has 0 fully saturated rings. The molecular formula is C23H32F6O2. The average molecular weight is 454 g/mol. The van der Waals surface area contributed by atoms with Crippen LogP contribution in [0.3, 0.4) is 0 Å². The van der Waals surface area contributed by atoms with Crippen molar-refractivity contribution < 1.29 is 35.9 Å². The van der Waals surface area contributed by atoms with Gasteiger partial charge in [-0.05, 0) is 38.0 Å². The molecule has 0 aliphatic heterocycles. The molecule has 0 saturated heterocycles. The van der Waals surface area contributed by atoms with E-state index in [9.17, 15) is 31.1 Å². The van der Waals surface area contributed by atoms with Crippen LogP contribution < -0.4 is 0 Å². The monoisotopic (exact) mass is 454 g/mol. The first-order chi connectivity index (χ1) is 14.5. The first-order valence-corrected chi connectivity index (χ1v) is 11.0. The molecule has 31 heavy (non-hydrogen) atoms. The normalized spacial score (nSPS) is 13.3. The summed E-state index contributed by atoms with van der Waals surface area (Å²) in [4.78, 5) is 12.2. The number of unbranched alkanes of at least 4 members (excludes halogenated alkanes) is 9. The van der Waals surface area contributed by atoms with E-state index >= 15 is 0 Å². The van der Waals surface area contributed by atoms with Crippen LogP contribution >= 0.6 is 0 Å². The second-order valence-corrected chi connectivity index (χ2v) is 7.94. The van der Waals surface area contributed by atoms with Crippen molar-refractivity contribution in [3.8, 4) is 0 Å². The third kappa shape index (κ3) is 10.4. The summed E-state index contributed by atoms with van der Waals surface area (Å²) in [6, 6.07) is 0.789. The molecule has 1 rings (SSSR count). The van der Waals surface area contributed by atoms with Crippen LogP contribution in [0.25, 0.3) is 0 Å². The molecular weight excluding hydrogens is 422 g/mol. The number of esters is 1. The van der Waals surface area contributed by atoms with Gasteiger partial charge in [0.25, 0.3) is 0 Å². The minimum absolute atomic E-state index is 0.207. The van der Waals surface area contributed by atoms with Crippen LogP contribution in [0.1, 0.15) is 106 Å². The largest absolute Gasteiger partial charge is 0.459 e. The van der Waals surface area contributed by atoms with Crippen molar-refractivity contribution >= 4 is 5.97 Å². The Morgan fingerprint density at radius 1 is 0.839 bits per heavy atom. The highest BCUT2D eigenvalue weighted by molar-refractivity contribution is 5.91. The molecule has 178 valence electrons. The molecule has 1 aromatic rings. The van der Waals surface area contributed by atoms with E-state index in [1.54, 1.807) is 0 Å². The van der Waals surface area contributed by atoms with E-state index in [1.165, 1.54) is 45.4 Å². The number of hydrogen-bond acceptors (Lipinski definition) is 2. The van der Waals surface area contributed by atoms with E-state index in [1.807, 2.05) is 0 Å². The lowest BCUT2D eigenvalue weighted by Crippen LogP contribution is -2.20. The topological polar surface area (TPSA) is 26.3 Å². The van der Waals surface area contributed by atoms with Crippen molar-refractivity contribution in [1.82, 2.24) is 0 Å². The fourth-order valence-electron chi connectivity index (χ4n) is 3.36. The standard InChI is InChI=1S/C23H32F6O2/c1-3-4-5-6-7-8-9-10-11-12-13-17(2)31-21(30)19-16-18(22(24,25)26)14-15-20(19)23(27,28)29/h14-17H,3-13H2,1-2H3. The van der Waals surface area contributed by atoms with E-state index in [2.05, 4.69) is 6.92 Å². The summed E-state index contributed by atoms with van der Waals surface area (Å²) in [6.45, 7) is 3.71. The molecule has 0 aromatic heterocycles. The Morgan fingerprint density at radius 3 is 1.84 bits per heavy atom. The summed E-state index contributed by atoms with van der Waals surface area (Å²) in [5, 5.41) is 0. The molecule has 0 radical (unpaired) electrons. The molecule has 0 bridgehead atoms. The Balaban J connectivity index is 2.50. The molecule has 0 amide bonds. The van der Waals surface area contributed by atoms with Gasteiger partial charge < -0.3 is 4.74 Å². The first kappa shape index (κ1) is 27.3. The zero-order valence-electron chi connectivity index (χ0n) is 18.2. The first-order valence-electron chi connectivity index (χ1n) is 11.0. The molecule has 8 heteroatoms.